The minimum absolute atomic E-state index is 0.268. The molecule has 2 atom stereocenters. The number of hydrogen-bond acceptors (Lipinski definition) is 4. The molecule has 2 aliphatic heterocycles. The van der Waals surface area contributed by atoms with Gasteiger partial charge in [0.1, 0.15) is 0 Å². The Kier molecular flexibility index (Phi) is 7.31. The lowest BCUT2D eigenvalue weighted by Crippen LogP contribution is -2.50. The van der Waals surface area contributed by atoms with E-state index in [2.05, 4.69) is 43.8 Å². The molecule has 2 unspecified atom stereocenters. The van der Waals surface area contributed by atoms with Crippen molar-refractivity contribution in [2.75, 3.05) is 33.2 Å². The van der Waals surface area contributed by atoms with Crippen molar-refractivity contribution in [1.29, 1.82) is 0 Å². The number of nitrogens with one attached hydrogen (secondary N) is 2. The number of amides is 1. The van der Waals surface area contributed by atoms with Gasteiger partial charge in [-0.15, -0.1) is 11.3 Å². The first-order valence-corrected chi connectivity index (χ1v) is 12.6. The minimum atomic E-state index is 0.268. The summed E-state index contributed by atoms with van der Waals surface area (Å²) in [7, 11) is 1.83. The van der Waals surface area contributed by atoms with Crippen LogP contribution in [0.25, 0.3) is 0 Å². The van der Waals surface area contributed by atoms with Crippen molar-refractivity contribution >= 4 is 23.2 Å². The summed E-state index contributed by atoms with van der Waals surface area (Å²) in [6.45, 7) is 7.02. The molecule has 1 aromatic heterocycles. The number of rotatable bonds is 5. The summed E-state index contributed by atoms with van der Waals surface area (Å²) in [4.78, 5) is 23.4. The van der Waals surface area contributed by atoms with Gasteiger partial charge in [0.2, 0.25) is 5.91 Å². The number of carbonyl (C=O) groups excluding carboxylic acids is 1. The van der Waals surface area contributed by atoms with Crippen LogP contribution in [0.2, 0.25) is 0 Å². The summed E-state index contributed by atoms with van der Waals surface area (Å²) in [6.07, 6.45) is 8.05. The van der Waals surface area contributed by atoms with E-state index in [-0.39, 0.29) is 5.92 Å². The highest BCUT2D eigenvalue weighted by atomic mass is 32.1. The molecule has 1 saturated heterocycles. The number of nitrogens with zero attached hydrogens (tertiary/aromatic N) is 3. The Morgan fingerprint density at radius 2 is 2.10 bits per heavy atom. The molecule has 1 amide bonds. The number of thiophene rings is 1. The van der Waals surface area contributed by atoms with Gasteiger partial charge in [-0.25, -0.2) is 0 Å². The second-order valence-electron chi connectivity index (χ2n) is 9.14. The molecule has 30 heavy (non-hydrogen) atoms. The van der Waals surface area contributed by atoms with Crippen molar-refractivity contribution in [1.82, 2.24) is 20.4 Å². The molecule has 1 aromatic rings. The van der Waals surface area contributed by atoms with E-state index in [4.69, 9.17) is 0 Å². The van der Waals surface area contributed by atoms with E-state index >= 15 is 0 Å². The maximum Gasteiger partial charge on any atom is 0.225 e. The highest BCUT2D eigenvalue weighted by Crippen LogP contribution is 2.27. The summed E-state index contributed by atoms with van der Waals surface area (Å²) < 4.78 is 0. The molecule has 3 heterocycles. The fourth-order valence-electron chi connectivity index (χ4n) is 5.09. The van der Waals surface area contributed by atoms with E-state index in [9.17, 15) is 4.79 Å². The van der Waals surface area contributed by atoms with Crippen LogP contribution >= 0.6 is 11.3 Å². The first kappa shape index (κ1) is 21.6. The Labute approximate surface area is 185 Å². The van der Waals surface area contributed by atoms with Gasteiger partial charge in [-0.2, -0.15) is 0 Å². The van der Waals surface area contributed by atoms with E-state index in [1.54, 1.807) is 4.88 Å². The fourth-order valence-corrected chi connectivity index (χ4v) is 5.98. The molecule has 0 bridgehead atoms. The van der Waals surface area contributed by atoms with E-state index in [0.717, 1.165) is 64.4 Å². The Morgan fingerprint density at radius 1 is 1.27 bits per heavy atom. The summed E-state index contributed by atoms with van der Waals surface area (Å²) in [5, 5.41) is 9.28. The maximum absolute atomic E-state index is 12.8. The number of hydrogen-bond donors (Lipinski definition) is 2. The van der Waals surface area contributed by atoms with Crippen LogP contribution in [0, 0.1) is 5.92 Å². The molecule has 2 fully saturated rings. The van der Waals surface area contributed by atoms with Gasteiger partial charge in [0.25, 0.3) is 0 Å². The highest BCUT2D eigenvalue weighted by Gasteiger charge is 2.32. The average molecular weight is 432 g/mol. The van der Waals surface area contributed by atoms with Crippen molar-refractivity contribution in [3.8, 4) is 0 Å². The topological polar surface area (TPSA) is 60.0 Å². The van der Waals surface area contributed by atoms with Crippen LogP contribution in [0.15, 0.2) is 16.4 Å². The Hall–Kier alpha value is -1.60. The number of likely N-dealkylation sites (tertiary alicyclic amines) is 1. The van der Waals surface area contributed by atoms with Gasteiger partial charge < -0.3 is 15.5 Å². The van der Waals surface area contributed by atoms with Gasteiger partial charge >= 0.3 is 0 Å². The summed E-state index contributed by atoms with van der Waals surface area (Å²) in [6, 6.07) is 3.01. The zero-order valence-corrected chi connectivity index (χ0v) is 19.3. The van der Waals surface area contributed by atoms with Gasteiger partial charge in [0.05, 0.1) is 0 Å². The quantitative estimate of drug-likeness (QED) is 0.556. The van der Waals surface area contributed by atoms with E-state index < -0.39 is 0 Å². The molecule has 0 spiro atoms. The monoisotopic (exact) mass is 431 g/mol. The minimum Gasteiger partial charge on any atom is -0.355 e. The van der Waals surface area contributed by atoms with Crippen molar-refractivity contribution in [3.05, 3.63) is 21.9 Å². The Balaban J connectivity index is 1.21. The maximum atomic E-state index is 12.8. The summed E-state index contributed by atoms with van der Waals surface area (Å²) in [5.41, 5.74) is 1.49. The van der Waals surface area contributed by atoms with Crippen LogP contribution in [0.4, 0.5) is 0 Å². The normalized spacial score (nSPS) is 24.5. The lowest BCUT2D eigenvalue weighted by Gasteiger charge is -2.33. The van der Waals surface area contributed by atoms with Crippen LogP contribution in [0.5, 0.6) is 0 Å². The lowest BCUT2D eigenvalue weighted by atomic mass is 9.88. The summed E-state index contributed by atoms with van der Waals surface area (Å²) >= 11 is 1.89. The van der Waals surface area contributed by atoms with Crippen LogP contribution in [0.3, 0.4) is 0 Å². The largest absolute Gasteiger partial charge is 0.355 e. The molecule has 166 valence electrons. The predicted molar refractivity (Wildman–Crippen MR) is 124 cm³/mol. The van der Waals surface area contributed by atoms with E-state index in [1.807, 2.05) is 18.4 Å². The molecular weight excluding hydrogens is 394 g/mol. The van der Waals surface area contributed by atoms with Gasteiger partial charge in [-0.1, -0.05) is 19.3 Å². The number of carbonyl (C=O) groups is 1. The first-order valence-electron chi connectivity index (χ1n) is 11.7. The molecule has 3 aliphatic rings. The first-order chi connectivity index (χ1) is 14.6. The average Bonchev–Trinajstić information content (AvgIpc) is 3.45. The smallest absolute Gasteiger partial charge is 0.225 e. The Bertz CT molecular complexity index is 742. The van der Waals surface area contributed by atoms with Crippen LogP contribution in [-0.2, 0) is 17.8 Å². The van der Waals surface area contributed by atoms with Gasteiger partial charge in [-0.05, 0) is 49.6 Å². The highest BCUT2D eigenvalue weighted by molar-refractivity contribution is 7.10. The molecule has 2 N–H and O–H groups in total. The zero-order valence-electron chi connectivity index (χ0n) is 18.5. The number of fused-ring (bicyclic) bond motifs is 1. The molecule has 7 heteroatoms. The van der Waals surface area contributed by atoms with Crippen molar-refractivity contribution in [2.45, 2.75) is 70.5 Å². The van der Waals surface area contributed by atoms with Gasteiger partial charge in [0.15, 0.2) is 5.96 Å². The SMILES string of the molecule is CN=C(NCC(C)N1CCc2sccc2C1)NC1CCN(C(=O)C2CCCCC2)C1. The van der Waals surface area contributed by atoms with E-state index in [0.29, 0.717) is 18.0 Å². The number of guanidine groups is 1. The standard InChI is InChI=1S/C23H37N5OS/c1-17(27-12-9-21-19(15-27)10-13-30-21)14-25-23(24-2)26-20-8-11-28(16-20)22(29)18-6-4-3-5-7-18/h10,13,17-18,20H,3-9,11-12,14-16H2,1-2H3,(H2,24,25,26). The van der Waals surface area contributed by atoms with Crippen LogP contribution < -0.4 is 10.6 Å². The molecule has 6 nitrogen and oxygen atoms in total. The molecule has 0 radical (unpaired) electrons. The van der Waals surface area contributed by atoms with Gasteiger partial charge in [0, 0.05) is 62.7 Å². The second kappa shape index (κ2) is 10.1. The fraction of sp³-hybridized carbons (Fsp3) is 0.739. The van der Waals surface area contributed by atoms with Crippen molar-refractivity contribution in [2.24, 2.45) is 10.9 Å². The third-order valence-electron chi connectivity index (χ3n) is 7.04. The predicted octanol–water partition coefficient (Wildman–Crippen LogP) is 2.84. The molecule has 1 saturated carbocycles. The summed E-state index contributed by atoms with van der Waals surface area (Å²) in [5.74, 6) is 1.50. The lowest BCUT2D eigenvalue weighted by molar-refractivity contribution is -0.135. The van der Waals surface area contributed by atoms with Crippen LogP contribution in [-0.4, -0.2) is 67.0 Å². The molecular formula is C23H37N5OS. The van der Waals surface area contributed by atoms with Crippen molar-refractivity contribution < 1.29 is 4.79 Å². The molecule has 0 aromatic carbocycles. The number of aliphatic imine (C=N–C) groups is 1. The van der Waals surface area contributed by atoms with Crippen molar-refractivity contribution in [3.63, 3.8) is 0 Å². The van der Waals surface area contributed by atoms with Crippen LogP contribution in [0.1, 0.15) is 55.9 Å². The van der Waals surface area contributed by atoms with Gasteiger partial charge in [-0.3, -0.25) is 14.7 Å². The molecule has 1 aliphatic carbocycles. The van der Waals surface area contributed by atoms with E-state index in [1.165, 1.54) is 24.8 Å². The molecule has 4 rings (SSSR count). The zero-order chi connectivity index (χ0) is 20.9. The Morgan fingerprint density at radius 3 is 2.90 bits per heavy atom. The second-order valence-corrected chi connectivity index (χ2v) is 10.1. The third-order valence-corrected chi connectivity index (χ3v) is 8.07. The third kappa shape index (κ3) is 5.17.